The van der Waals surface area contributed by atoms with E-state index in [0.29, 0.717) is 0 Å². The van der Waals surface area contributed by atoms with Crippen molar-refractivity contribution < 1.29 is 14.6 Å². The number of aryl methyl sites for hydroxylation is 1. The van der Waals surface area contributed by atoms with Gasteiger partial charge in [-0.1, -0.05) is 56.3 Å². The fraction of sp³-hybridized carbons (Fsp3) is 0.250. The van der Waals surface area contributed by atoms with Gasteiger partial charge in [0.1, 0.15) is 6.61 Å². The number of aliphatic hydroxyl groups excluding tert-OH is 1. The summed E-state index contributed by atoms with van der Waals surface area (Å²) in [5, 5.41) is 9.13. The molecule has 0 amide bonds. The summed E-state index contributed by atoms with van der Waals surface area (Å²) in [5.41, 5.74) is 5.24. The maximum atomic E-state index is 11.3. The van der Waals surface area contributed by atoms with Crippen LogP contribution in [-0.2, 0) is 29.2 Å². The normalized spacial score (nSPS) is 10.3. The lowest BCUT2D eigenvalue weighted by atomic mass is 9.96. The third-order valence-corrected chi connectivity index (χ3v) is 3.73. The Kier molecular flexibility index (Phi) is 6.12. The maximum absolute atomic E-state index is 11.3. The van der Waals surface area contributed by atoms with Gasteiger partial charge in [-0.3, -0.25) is 0 Å². The molecule has 1 N–H and O–H groups in total. The van der Waals surface area contributed by atoms with Crippen molar-refractivity contribution in [2.45, 2.75) is 33.0 Å². The number of carbonyl (C=O) groups excluding carboxylic acids is 1. The second-order valence-corrected chi connectivity index (χ2v) is 5.40. The van der Waals surface area contributed by atoms with Crippen LogP contribution in [0.4, 0.5) is 0 Å². The molecule has 23 heavy (non-hydrogen) atoms. The lowest BCUT2D eigenvalue weighted by Crippen LogP contribution is -2.03. The Bertz CT molecular complexity index is 672. The van der Waals surface area contributed by atoms with Gasteiger partial charge in [0, 0.05) is 6.08 Å². The van der Waals surface area contributed by atoms with Crippen LogP contribution in [0.25, 0.3) is 11.1 Å². The van der Waals surface area contributed by atoms with Gasteiger partial charge in [-0.25, -0.2) is 4.79 Å². The van der Waals surface area contributed by atoms with Crippen LogP contribution >= 0.6 is 0 Å². The molecule has 0 atom stereocenters. The Hall–Kier alpha value is -2.39. The van der Waals surface area contributed by atoms with Crippen molar-refractivity contribution in [1.29, 1.82) is 0 Å². The Morgan fingerprint density at radius 2 is 1.83 bits per heavy atom. The summed E-state index contributed by atoms with van der Waals surface area (Å²) in [6.07, 6.45) is 3.16. The molecule has 2 aromatic carbocycles. The van der Waals surface area contributed by atoms with Crippen molar-refractivity contribution in [1.82, 2.24) is 0 Å². The smallest absolute Gasteiger partial charge is 0.330 e. The molecular weight excluding hydrogens is 288 g/mol. The molecule has 0 heterocycles. The summed E-state index contributed by atoms with van der Waals surface area (Å²) >= 11 is 0. The summed E-state index contributed by atoms with van der Waals surface area (Å²) in [6.45, 7) is 5.84. The molecule has 0 saturated carbocycles. The number of hydrogen-bond donors (Lipinski definition) is 1. The van der Waals surface area contributed by atoms with E-state index in [1.54, 1.807) is 0 Å². The molecule has 0 unspecified atom stereocenters. The van der Waals surface area contributed by atoms with Crippen LogP contribution in [0, 0.1) is 0 Å². The van der Waals surface area contributed by atoms with Gasteiger partial charge in [0.2, 0.25) is 0 Å². The quantitative estimate of drug-likeness (QED) is 0.620. The molecule has 2 rings (SSSR count). The van der Waals surface area contributed by atoms with E-state index in [-0.39, 0.29) is 13.2 Å². The Morgan fingerprint density at radius 1 is 1.13 bits per heavy atom. The monoisotopic (exact) mass is 310 g/mol. The van der Waals surface area contributed by atoms with Gasteiger partial charge in [0.15, 0.2) is 0 Å². The average Bonchev–Trinajstić information content (AvgIpc) is 2.60. The van der Waals surface area contributed by atoms with Crippen LogP contribution in [0.1, 0.15) is 30.0 Å². The van der Waals surface area contributed by atoms with Gasteiger partial charge < -0.3 is 9.84 Å². The van der Waals surface area contributed by atoms with E-state index in [1.165, 1.54) is 11.6 Å². The fourth-order valence-electron chi connectivity index (χ4n) is 2.46. The summed E-state index contributed by atoms with van der Waals surface area (Å²) in [5.74, 6) is -0.412. The lowest BCUT2D eigenvalue weighted by Gasteiger charge is -2.12. The number of hydrogen-bond acceptors (Lipinski definition) is 3. The minimum Gasteiger partial charge on any atom is -0.458 e. The van der Waals surface area contributed by atoms with Gasteiger partial charge in [0.05, 0.1) is 6.61 Å². The number of esters is 1. The molecule has 2 aromatic rings. The van der Waals surface area contributed by atoms with Gasteiger partial charge in [-0.15, -0.1) is 0 Å². The molecule has 0 aliphatic carbocycles. The molecule has 0 aliphatic rings. The Balaban J connectivity index is 2.29. The van der Waals surface area contributed by atoms with Crippen LogP contribution in [0.2, 0.25) is 0 Å². The first-order chi connectivity index (χ1) is 11.2. The third-order valence-electron chi connectivity index (χ3n) is 3.73. The predicted molar refractivity (Wildman–Crippen MR) is 91.8 cm³/mol. The largest absolute Gasteiger partial charge is 0.458 e. The molecule has 0 aromatic heterocycles. The standard InChI is InChI=1S/C20H22O3/c1-3-5-16-10-11-18(12-19(16)14-23-20(22)4-2)17-8-6-15(13-21)7-9-17/h4,6-12,21H,2-3,5,13-14H2,1H3. The van der Waals surface area contributed by atoms with Gasteiger partial charge in [-0.05, 0) is 40.3 Å². The molecule has 0 radical (unpaired) electrons. The minimum atomic E-state index is -0.412. The summed E-state index contributed by atoms with van der Waals surface area (Å²) < 4.78 is 5.20. The highest BCUT2D eigenvalue weighted by Gasteiger charge is 2.07. The Labute approximate surface area is 137 Å². The SMILES string of the molecule is C=CC(=O)OCc1cc(-c2ccc(CO)cc2)ccc1CCC. The number of ether oxygens (including phenoxy) is 1. The first-order valence-electron chi connectivity index (χ1n) is 7.79. The van der Waals surface area contributed by atoms with E-state index in [1.807, 2.05) is 24.3 Å². The van der Waals surface area contributed by atoms with Gasteiger partial charge >= 0.3 is 5.97 Å². The van der Waals surface area contributed by atoms with Crippen LogP contribution < -0.4 is 0 Å². The van der Waals surface area contributed by atoms with Crippen LogP contribution in [0.15, 0.2) is 55.1 Å². The molecule has 0 fully saturated rings. The molecule has 3 nitrogen and oxygen atoms in total. The first kappa shape index (κ1) is 17.0. The lowest BCUT2D eigenvalue weighted by molar-refractivity contribution is -0.138. The third kappa shape index (κ3) is 4.54. The molecule has 0 saturated heterocycles. The minimum absolute atomic E-state index is 0.0402. The number of carbonyl (C=O) groups is 1. The van der Waals surface area contributed by atoms with E-state index in [2.05, 4.69) is 31.7 Å². The van der Waals surface area contributed by atoms with Crippen LogP contribution in [0.5, 0.6) is 0 Å². The van der Waals surface area contributed by atoms with Crippen molar-refractivity contribution in [3.05, 3.63) is 71.8 Å². The Morgan fingerprint density at radius 3 is 2.43 bits per heavy atom. The van der Waals surface area contributed by atoms with Crippen molar-refractivity contribution in [3.8, 4) is 11.1 Å². The second-order valence-electron chi connectivity index (χ2n) is 5.40. The van der Waals surface area contributed by atoms with Crippen molar-refractivity contribution in [2.24, 2.45) is 0 Å². The van der Waals surface area contributed by atoms with Crippen LogP contribution in [-0.4, -0.2) is 11.1 Å². The zero-order valence-electron chi connectivity index (χ0n) is 13.4. The predicted octanol–water partition coefficient (Wildman–Crippen LogP) is 4.03. The summed E-state index contributed by atoms with van der Waals surface area (Å²) in [6, 6.07) is 14.0. The van der Waals surface area contributed by atoms with E-state index in [9.17, 15) is 4.79 Å². The summed E-state index contributed by atoms with van der Waals surface area (Å²) in [7, 11) is 0. The molecule has 0 bridgehead atoms. The van der Waals surface area contributed by atoms with E-state index >= 15 is 0 Å². The van der Waals surface area contributed by atoms with Crippen LogP contribution in [0.3, 0.4) is 0 Å². The highest BCUT2D eigenvalue weighted by Crippen LogP contribution is 2.24. The van der Waals surface area contributed by atoms with E-state index in [0.717, 1.165) is 35.1 Å². The first-order valence-corrected chi connectivity index (χ1v) is 7.79. The molecule has 0 aliphatic heterocycles. The zero-order valence-corrected chi connectivity index (χ0v) is 13.4. The highest BCUT2D eigenvalue weighted by molar-refractivity contribution is 5.81. The highest BCUT2D eigenvalue weighted by atomic mass is 16.5. The van der Waals surface area contributed by atoms with Crippen molar-refractivity contribution in [3.63, 3.8) is 0 Å². The maximum Gasteiger partial charge on any atom is 0.330 e. The molecule has 0 spiro atoms. The molecule has 3 heteroatoms. The summed E-state index contributed by atoms with van der Waals surface area (Å²) in [4.78, 5) is 11.3. The fourth-order valence-corrected chi connectivity index (χ4v) is 2.46. The molecule has 120 valence electrons. The van der Waals surface area contributed by atoms with E-state index < -0.39 is 5.97 Å². The van der Waals surface area contributed by atoms with Gasteiger partial charge in [0.25, 0.3) is 0 Å². The number of aliphatic hydroxyl groups is 1. The zero-order chi connectivity index (χ0) is 16.7. The number of rotatable bonds is 7. The second kappa shape index (κ2) is 8.30. The van der Waals surface area contributed by atoms with Crippen molar-refractivity contribution >= 4 is 5.97 Å². The number of benzene rings is 2. The van der Waals surface area contributed by atoms with E-state index in [4.69, 9.17) is 9.84 Å². The molecular formula is C20H22O3. The topological polar surface area (TPSA) is 46.5 Å². The van der Waals surface area contributed by atoms with Gasteiger partial charge in [-0.2, -0.15) is 0 Å². The van der Waals surface area contributed by atoms with Crippen molar-refractivity contribution in [2.75, 3.05) is 0 Å². The average molecular weight is 310 g/mol.